The Kier molecular flexibility index (Phi) is 4.61. The van der Waals surface area contributed by atoms with Crippen molar-refractivity contribution in [2.24, 2.45) is 0 Å². The quantitative estimate of drug-likeness (QED) is 0.724. The zero-order chi connectivity index (χ0) is 16.9. The zero-order valence-electron chi connectivity index (χ0n) is 13.3. The average molecular weight is 322 g/mol. The van der Waals surface area contributed by atoms with E-state index in [9.17, 15) is 4.79 Å². The number of carbonyl (C=O) groups is 1. The number of ether oxygens (including phenoxy) is 1. The molecule has 1 heterocycles. The Morgan fingerprint density at radius 3 is 2.62 bits per heavy atom. The summed E-state index contributed by atoms with van der Waals surface area (Å²) in [5.41, 5.74) is 2.84. The highest BCUT2D eigenvalue weighted by Gasteiger charge is 2.11. The molecule has 0 aliphatic heterocycles. The van der Waals surface area contributed by atoms with Crippen LogP contribution in [0.25, 0.3) is 10.9 Å². The number of hydrogen-bond donors (Lipinski definition) is 2. The van der Waals surface area contributed by atoms with Gasteiger partial charge in [-0.25, -0.2) is 4.79 Å². The molecule has 2 N–H and O–H groups in total. The first-order valence-corrected chi connectivity index (χ1v) is 7.70. The van der Waals surface area contributed by atoms with Gasteiger partial charge in [0, 0.05) is 11.1 Å². The molecule has 1 unspecified atom stereocenters. The molecule has 0 aliphatic rings. The number of aliphatic carboxylic acids is 1. The molecule has 5 nitrogen and oxygen atoms in total. The number of hydrogen-bond acceptors (Lipinski definition) is 4. The maximum Gasteiger partial charge on any atom is 0.344 e. The van der Waals surface area contributed by atoms with E-state index in [4.69, 9.17) is 9.84 Å². The van der Waals surface area contributed by atoms with Crippen molar-refractivity contribution in [3.63, 3.8) is 0 Å². The van der Waals surface area contributed by atoms with Crippen LogP contribution in [0.1, 0.15) is 12.6 Å². The number of nitrogens with zero attached hydrogens (tertiary/aromatic N) is 1. The minimum Gasteiger partial charge on any atom is -0.479 e. The summed E-state index contributed by atoms with van der Waals surface area (Å²) in [6.07, 6.45) is -0.870. The molecule has 3 aromatic rings. The molecule has 1 aromatic heterocycles. The topological polar surface area (TPSA) is 71.5 Å². The molecule has 24 heavy (non-hydrogen) atoms. The third kappa shape index (κ3) is 3.81. The van der Waals surface area contributed by atoms with Gasteiger partial charge in [0.1, 0.15) is 5.75 Å². The lowest BCUT2D eigenvalue weighted by atomic mass is 10.2. The van der Waals surface area contributed by atoms with Gasteiger partial charge in [0.25, 0.3) is 0 Å². The van der Waals surface area contributed by atoms with Crippen LogP contribution in [0.4, 0.5) is 5.69 Å². The smallest absolute Gasteiger partial charge is 0.344 e. The van der Waals surface area contributed by atoms with Crippen molar-refractivity contribution >= 4 is 22.6 Å². The maximum absolute atomic E-state index is 10.8. The Balaban J connectivity index is 1.62. The van der Waals surface area contributed by atoms with Crippen LogP contribution in [-0.4, -0.2) is 22.2 Å². The maximum atomic E-state index is 10.8. The second-order valence-electron chi connectivity index (χ2n) is 5.47. The lowest BCUT2D eigenvalue weighted by Gasteiger charge is -2.11. The van der Waals surface area contributed by atoms with Crippen LogP contribution in [0.3, 0.4) is 0 Å². The molecule has 0 spiro atoms. The minimum absolute atomic E-state index is 0.527. The molecule has 1 atom stereocenters. The van der Waals surface area contributed by atoms with Gasteiger partial charge in [0.05, 0.1) is 17.8 Å². The Hall–Kier alpha value is -3.08. The molecule has 3 rings (SSSR count). The van der Waals surface area contributed by atoms with Crippen molar-refractivity contribution in [1.82, 2.24) is 4.98 Å². The first-order valence-electron chi connectivity index (χ1n) is 7.70. The van der Waals surface area contributed by atoms with E-state index in [0.717, 1.165) is 22.3 Å². The van der Waals surface area contributed by atoms with Crippen LogP contribution in [-0.2, 0) is 11.3 Å². The van der Waals surface area contributed by atoms with Crippen molar-refractivity contribution < 1.29 is 14.6 Å². The summed E-state index contributed by atoms with van der Waals surface area (Å²) in [7, 11) is 0. The normalized spacial score (nSPS) is 11.9. The van der Waals surface area contributed by atoms with E-state index in [1.807, 2.05) is 42.5 Å². The van der Waals surface area contributed by atoms with E-state index < -0.39 is 12.1 Å². The number of fused-ring (bicyclic) bond motifs is 1. The molecule has 2 aromatic carbocycles. The molecule has 0 bridgehead atoms. The lowest BCUT2D eigenvalue weighted by Crippen LogP contribution is -2.22. The summed E-state index contributed by atoms with van der Waals surface area (Å²) < 4.78 is 5.30. The molecule has 0 saturated carbocycles. The van der Waals surface area contributed by atoms with Gasteiger partial charge in [-0.2, -0.15) is 0 Å². The Morgan fingerprint density at radius 2 is 1.88 bits per heavy atom. The molecule has 0 radical (unpaired) electrons. The van der Waals surface area contributed by atoms with Crippen molar-refractivity contribution in [1.29, 1.82) is 0 Å². The average Bonchev–Trinajstić information content (AvgIpc) is 2.61. The van der Waals surface area contributed by atoms with Gasteiger partial charge in [-0.05, 0) is 43.3 Å². The van der Waals surface area contributed by atoms with Gasteiger partial charge >= 0.3 is 5.97 Å². The highest BCUT2D eigenvalue weighted by atomic mass is 16.5. The number of benzene rings is 2. The molecule has 122 valence electrons. The van der Waals surface area contributed by atoms with Crippen molar-refractivity contribution in [3.05, 3.63) is 66.4 Å². The third-order valence-electron chi connectivity index (χ3n) is 3.64. The molecule has 5 heteroatoms. The number of anilines is 1. The third-order valence-corrected chi connectivity index (χ3v) is 3.64. The van der Waals surface area contributed by atoms with E-state index in [1.54, 1.807) is 12.1 Å². The minimum atomic E-state index is -0.986. The highest BCUT2D eigenvalue weighted by molar-refractivity contribution is 5.78. The van der Waals surface area contributed by atoms with E-state index in [-0.39, 0.29) is 0 Å². The molecule has 0 fully saturated rings. The van der Waals surface area contributed by atoms with Crippen molar-refractivity contribution in [3.8, 4) is 5.75 Å². The molecule has 0 aliphatic carbocycles. The standard InChI is InChI=1S/C19H18N2O3/c1-13(19(22)23)24-17-10-8-15(9-11-17)20-12-16-7-6-14-4-2-3-5-18(14)21-16/h2-11,13,20H,12H2,1H3,(H,22,23). The zero-order valence-corrected chi connectivity index (χ0v) is 13.3. The number of para-hydroxylation sites is 1. The van der Waals surface area contributed by atoms with Crippen molar-refractivity contribution in [2.75, 3.05) is 5.32 Å². The molecule has 0 saturated heterocycles. The second-order valence-corrected chi connectivity index (χ2v) is 5.47. The van der Waals surface area contributed by atoms with E-state index in [0.29, 0.717) is 12.3 Å². The van der Waals surface area contributed by atoms with Crippen molar-refractivity contribution in [2.45, 2.75) is 19.6 Å². The summed E-state index contributed by atoms with van der Waals surface area (Å²) in [5.74, 6) is -0.459. The Labute approximate surface area is 139 Å². The first kappa shape index (κ1) is 15.8. The number of aromatic nitrogens is 1. The summed E-state index contributed by atoms with van der Waals surface area (Å²) in [5, 5.41) is 13.3. The van der Waals surface area contributed by atoms with Crippen LogP contribution in [0, 0.1) is 0 Å². The molecular formula is C19H18N2O3. The van der Waals surface area contributed by atoms with E-state index in [1.165, 1.54) is 6.92 Å². The summed E-state index contributed by atoms with van der Waals surface area (Å²) in [6, 6.07) is 19.3. The fourth-order valence-electron chi connectivity index (χ4n) is 2.31. The summed E-state index contributed by atoms with van der Waals surface area (Å²) in [6.45, 7) is 2.11. The number of carboxylic acid groups (broad SMARTS) is 1. The Bertz CT molecular complexity index is 847. The van der Waals surface area contributed by atoms with E-state index >= 15 is 0 Å². The number of rotatable bonds is 6. The van der Waals surface area contributed by atoms with Gasteiger partial charge in [0.2, 0.25) is 0 Å². The highest BCUT2D eigenvalue weighted by Crippen LogP contribution is 2.18. The predicted molar refractivity (Wildman–Crippen MR) is 93.2 cm³/mol. The van der Waals surface area contributed by atoms with Gasteiger partial charge < -0.3 is 15.2 Å². The fraction of sp³-hybridized carbons (Fsp3) is 0.158. The Morgan fingerprint density at radius 1 is 1.12 bits per heavy atom. The summed E-state index contributed by atoms with van der Waals surface area (Å²) in [4.78, 5) is 15.4. The summed E-state index contributed by atoms with van der Waals surface area (Å²) >= 11 is 0. The van der Waals surface area contributed by atoms with Gasteiger partial charge in [-0.1, -0.05) is 24.3 Å². The monoisotopic (exact) mass is 322 g/mol. The number of pyridine rings is 1. The molecule has 0 amide bonds. The van der Waals surface area contributed by atoms with E-state index in [2.05, 4.69) is 16.4 Å². The lowest BCUT2D eigenvalue weighted by molar-refractivity contribution is -0.144. The second kappa shape index (κ2) is 7.00. The first-order chi connectivity index (χ1) is 11.6. The van der Waals surface area contributed by atoms with Gasteiger partial charge in [-0.3, -0.25) is 4.98 Å². The van der Waals surface area contributed by atoms with Crippen LogP contribution in [0.5, 0.6) is 5.75 Å². The van der Waals surface area contributed by atoms with Gasteiger partial charge in [-0.15, -0.1) is 0 Å². The largest absolute Gasteiger partial charge is 0.479 e. The van der Waals surface area contributed by atoms with Crippen LogP contribution in [0.15, 0.2) is 60.7 Å². The van der Waals surface area contributed by atoms with Crippen LogP contribution in [0.2, 0.25) is 0 Å². The van der Waals surface area contributed by atoms with Crippen LogP contribution >= 0.6 is 0 Å². The number of carboxylic acids is 1. The number of nitrogens with one attached hydrogen (secondary N) is 1. The van der Waals surface area contributed by atoms with Gasteiger partial charge in [0.15, 0.2) is 6.10 Å². The predicted octanol–water partition coefficient (Wildman–Crippen LogP) is 3.70. The fourth-order valence-corrected chi connectivity index (χ4v) is 2.31. The van der Waals surface area contributed by atoms with Crippen LogP contribution < -0.4 is 10.1 Å². The SMILES string of the molecule is CC(Oc1ccc(NCc2ccc3ccccc3n2)cc1)C(=O)O. The molecular weight excluding hydrogens is 304 g/mol.